The van der Waals surface area contributed by atoms with E-state index in [0.29, 0.717) is 17.1 Å². The highest BCUT2D eigenvalue weighted by Crippen LogP contribution is 2.24. The molecule has 4 heteroatoms. The van der Waals surface area contributed by atoms with Crippen LogP contribution in [0.2, 0.25) is 0 Å². The molecule has 4 nitrogen and oxygen atoms in total. The molecule has 1 aromatic rings. The molecule has 1 aliphatic rings. The normalized spacial score (nSPS) is 15.4. The van der Waals surface area contributed by atoms with Gasteiger partial charge in [0.25, 0.3) is 0 Å². The molecule has 0 atom stereocenters. The largest absolute Gasteiger partial charge is 0.497 e. The van der Waals surface area contributed by atoms with Crippen molar-refractivity contribution in [1.29, 1.82) is 0 Å². The van der Waals surface area contributed by atoms with Crippen molar-refractivity contribution in [2.75, 3.05) is 27.3 Å². The van der Waals surface area contributed by atoms with Crippen LogP contribution in [0.4, 0.5) is 0 Å². The minimum absolute atomic E-state index is 0.0943. The Morgan fingerprint density at radius 2 is 1.75 bits per heavy atom. The molecule has 1 saturated heterocycles. The Hall–Kier alpha value is -1.55. The first-order valence-electron chi connectivity index (χ1n) is 5.22. The molecule has 2 rings (SSSR count). The number of methoxy groups -OCH3 is 2. The van der Waals surface area contributed by atoms with Gasteiger partial charge in [-0.25, -0.2) is 0 Å². The Balaban J connectivity index is 2.27. The van der Waals surface area contributed by atoms with Crippen LogP contribution in [0.3, 0.4) is 0 Å². The van der Waals surface area contributed by atoms with Gasteiger partial charge in [0.05, 0.1) is 14.2 Å². The molecule has 0 bridgehead atoms. The number of carbonyl (C=O) groups excluding carboxylic acids is 1. The Bertz CT molecular complexity index is 377. The molecule has 86 valence electrons. The molecule has 0 aliphatic carbocycles. The van der Waals surface area contributed by atoms with E-state index >= 15 is 0 Å². The molecule has 16 heavy (non-hydrogen) atoms. The quantitative estimate of drug-likeness (QED) is 0.774. The molecule has 0 amide bonds. The lowest BCUT2D eigenvalue weighted by Crippen LogP contribution is -2.46. The van der Waals surface area contributed by atoms with Crippen LogP contribution in [-0.2, 0) is 0 Å². The van der Waals surface area contributed by atoms with E-state index in [2.05, 4.69) is 5.32 Å². The summed E-state index contributed by atoms with van der Waals surface area (Å²) in [6, 6.07) is 5.27. The van der Waals surface area contributed by atoms with E-state index in [-0.39, 0.29) is 11.7 Å². The number of hydrogen-bond donors (Lipinski definition) is 1. The Morgan fingerprint density at radius 1 is 1.19 bits per heavy atom. The molecule has 1 N–H and O–H groups in total. The topological polar surface area (TPSA) is 47.6 Å². The first-order valence-corrected chi connectivity index (χ1v) is 5.22. The van der Waals surface area contributed by atoms with Crippen LogP contribution in [0.1, 0.15) is 10.4 Å². The van der Waals surface area contributed by atoms with E-state index in [1.807, 2.05) is 0 Å². The molecule has 0 unspecified atom stereocenters. The van der Waals surface area contributed by atoms with Crippen LogP contribution < -0.4 is 14.8 Å². The number of rotatable bonds is 4. The van der Waals surface area contributed by atoms with E-state index in [9.17, 15) is 4.79 Å². The van der Waals surface area contributed by atoms with E-state index in [0.717, 1.165) is 13.1 Å². The van der Waals surface area contributed by atoms with E-state index in [1.54, 1.807) is 32.4 Å². The highest BCUT2D eigenvalue weighted by molar-refractivity contribution is 5.99. The Labute approximate surface area is 94.6 Å². The second kappa shape index (κ2) is 4.53. The van der Waals surface area contributed by atoms with Crippen LogP contribution in [-0.4, -0.2) is 33.1 Å². The van der Waals surface area contributed by atoms with Crippen LogP contribution in [0, 0.1) is 5.92 Å². The molecule has 1 aromatic carbocycles. The first kappa shape index (κ1) is 11.0. The summed E-state index contributed by atoms with van der Waals surface area (Å²) in [5, 5.41) is 3.09. The number of ether oxygens (including phenoxy) is 2. The van der Waals surface area contributed by atoms with Gasteiger partial charge < -0.3 is 14.8 Å². The molecule has 0 aromatic heterocycles. The lowest BCUT2D eigenvalue weighted by molar-refractivity contribution is 0.0877. The summed E-state index contributed by atoms with van der Waals surface area (Å²) < 4.78 is 10.3. The fourth-order valence-corrected chi connectivity index (χ4v) is 1.66. The minimum atomic E-state index is 0.0943. The lowest BCUT2D eigenvalue weighted by Gasteiger charge is -2.25. The average Bonchev–Trinajstić information content (AvgIpc) is 2.26. The van der Waals surface area contributed by atoms with Crippen LogP contribution in [0.15, 0.2) is 18.2 Å². The van der Waals surface area contributed by atoms with Gasteiger partial charge in [-0.1, -0.05) is 0 Å². The van der Waals surface area contributed by atoms with Crippen molar-refractivity contribution in [2.45, 2.75) is 0 Å². The average molecular weight is 221 g/mol. The maximum atomic E-state index is 12.0. The predicted molar refractivity (Wildman–Crippen MR) is 60.2 cm³/mol. The van der Waals surface area contributed by atoms with Gasteiger partial charge in [-0.2, -0.15) is 0 Å². The molecule has 1 fully saturated rings. The van der Waals surface area contributed by atoms with E-state index in [1.165, 1.54) is 0 Å². The third-order valence-corrected chi connectivity index (χ3v) is 2.79. The van der Waals surface area contributed by atoms with Crippen molar-refractivity contribution in [2.24, 2.45) is 5.92 Å². The van der Waals surface area contributed by atoms with Gasteiger partial charge in [0, 0.05) is 30.6 Å². The maximum Gasteiger partial charge on any atom is 0.168 e. The predicted octanol–water partition coefficient (Wildman–Crippen LogP) is 1.11. The van der Waals surface area contributed by atoms with Crippen LogP contribution in [0.25, 0.3) is 0 Å². The van der Waals surface area contributed by atoms with Crippen molar-refractivity contribution < 1.29 is 14.3 Å². The summed E-state index contributed by atoms with van der Waals surface area (Å²) in [6.45, 7) is 1.52. The van der Waals surface area contributed by atoms with Gasteiger partial charge in [-0.3, -0.25) is 4.79 Å². The Kier molecular flexibility index (Phi) is 3.10. The molecule has 0 spiro atoms. The highest BCUT2D eigenvalue weighted by atomic mass is 16.5. The highest BCUT2D eigenvalue weighted by Gasteiger charge is 2.26. The number of nitrogens with one attached hydrogen (secondary N) is 1. The fraction of sp³-hybridized carbons (Fsp3) is 0.417. The lowest BCUT2D eigenvalue weighted by atomic mass is 9.92. The van der Waals surface area contributed by atoms with Gasteiger partial charge in [0.2, 0.25) is 0 Å². The van der Waals surface area contributed by atoms with Gasteiger partial charge in [0.15, 0.2) is 5.78 Å². The maximum absolute atomic E-state index is 12.0. The molecular weight excluding hydrogens is 206 g/mol. The molecule has 1 heterocycles. The number of Topliss-reactive ketones (excluding diaryl/α,β-unsaturated/α-hetero) is 1. The number of benzene rings is 1. The molecular formula is C12H15NO3. The minimum Gasteiger partial charge on any atom is -0.497 e. The Morgan fingerprint density at radius 3 is 2.12 bits per heavy atom. The summed E-state index contributed by atoms with van der Waals surface area (Å²) in [4.78, 5) is 12.0. The van der Waals surface area contributed by atoms with Gasteiger partial charge >= 0.3 is 0 Å². The standard InChI is InChI=1S/C12H15NO3/c1-15-10-3-8(4-11(5-10)16-2)12(14)9-6-13-7-9/h3-5,9,13H,6-7H2,1-2H3. The molecule has 1 aliphatic heterocycles. The van der Waals surface area contributed by atoms with Crippen LogP contribution in [0.5, 0.6) is 11.5 Å². The van der Waals surface area contributed by atoms with E-state index in [4.69, 9.17) is 9.47 Å². The van der Waals surface area contributed by atoms with Crippen molar-refractivity contribution in [1.82, 2.24) is 5.32 Å². The zero-order valence-corrected chi connectivity index (χ0v) is 9.45. The van der Waals surface area contributed by atoms with Crippen molar-refractivity contribution in [3.63, 3.8) is 0 Å². The van der Waals surface area contributed by atoms with Crippen molar-refractivity contribution >= 4 is 5.78 Å². The number of carbonyl (C=O) groups is 1. The number of ketones is 1. The number of hydrogen-bond acceptors (Lipinski definition) is 4. The molecule has 0 saturated carbocycles. The summed E-state index contributed by atoms with van der Waals surface area (Å²) in [5.74, 6) is 1.54. The van der Waals surface area contributed by atoms with Gasteiger partial charge in [-0.15, -0.1) is 0 Å². The first-order chi connectivity index (χ1) is 7.74. The zero-order valence-electron chi connectivity index (χ0n) is 9.45. The second-order valence-corrected chi connectivity index (χ2v) is 3.82. The SMILES string of the molecule is COc1cc(OC)cc(C(=O)C2CNC2)c1. The smallest absolute Gasteiger partial charge is 0.168 e. The molecule has 0 radical (unpaired) electrons. The van der Waals surface area contributed by atoms with Crippen molar-refractivity contribution in [3.8, 4) is 11.5 Å². The van der Waals surface area contributed by atoms with Crippen molar-refractivity contribution in [3.05, 3.63) is 23.8 Å². The summed E-state index contributed by atoms with van der Waals surface area (Å²) in [6.07, 6.45) is 0. The third-order valence-electron chi connectivity index (χ3n) is 2.79. The van der Waals surface area contributed by atoms with Gasteiger partial charge in [-0.05, 0) is 12.1 Å². The fourth-order valence-electron chi connectivity index (χ4n) is 1.66. The monoisotopic (exact) mass is 221 g/mol. The van der Waals surface area contributed by atoms with Crippen LogP contribution >= 0.6 is 0 Å². The van der Waals surface area contributed by atoms with Gasteiger partial charge in [0.1, 0.15) is 11.5 Å². The second-order valence-electron chi connectivity index (χ2n) is 3.82. The van der Waals surface area contributed by atoms with E-state index < -0.39 is 0 Å². The summed E-state index contributed by atoms with van der Waals surface area (Å²) in [7, 11) is 3.15. The zero-order chi connectivity index (χ0) is 11.5. The summed E-state index contributed by atoms with van der Waals surface area (Å²) in [5.41, 5.74) is 0.655. The summed E-state index contributed by atoms with van der Waals surface area (Å²) >= 11 is 0. The third kappa shape index (κ3) is 2.02.